The van der Waals surface area contributed by atoms with E-state index in [4.69, 9.17) is 0 Å². The Balaban J connectivity index is 2.04. The van der Waals surface area contributed by atoms with Crippen LogP contribution in [0, 0.1) is 10.1 Å². The molecule has 7 heteroatoms. The van der Waals surface area contributed by atoms with Crippen LogP contribution in [0.1, 0.15) is 20.7 Å². The molecule has 0 bridgehead atoms. The van der Waals surface area contributed by atoms with E-state index < -0.39 is 16.8 Å². The predicted molar refractivity (Wildman–Crippen MR) is 99.9 cm³/mol. The zero-order chi connectivity index (χ0) is 19.4. The first kappa shape index (κ1) is 17.8. The van der Waals surface area contributed by atoms with Crippen molar-refractivity contribution in [3.8, 4) is 11.1 Å². The van der Waals surface area contributed by atoms with Crippen LogP contribution in [0.4, 0.5) is 11.4 Å². The number of nitrogens with one attached hydrogen (secondary N) is 1. The number of aromatic carboxylic acids is 1. The van der Waals surface area contributed by atoms with Crippen molar-refractivity contribution in [2.24, 2.45) is 0 Å². The first-order valence-electron chi connectivity index (χ1n) is 7.95. The second-order valence-electron chi connectivity index (χ2n) is 5.62. The number of benzene rings is 3. The monoisotopic (exact) mass is 362 g/mol. The standard InChI is InChI=1S/C20H14N2O5/c23-19(21-17-11-5-6-12-18(17)22(26)27)15-9-3-1-7-13(15)14-8-2-4-10-16(14)20(24)25/h1-12H,(H,21,23)(H,24,25). The van der Waals surface area contributed by atoms with Crippen molar-refractivity contribution in [3.63, 3.8) is 0 Å². The molecule has 3 rings (SSSR count). The number of carbonyl (C=O) groups excluding carboxylic acids is 1. The average Bonchev–Trinajstić information content (AvgIpc) is 2.68. The van der Waals surface area contributed by atoms with E-state index >= 15 is 0 Å². The lowest BCUT2D eigenvalue weighted by molar-refractivity contribution is -0.383. The summed E-state index contributed by atoms with van der Waals surface area (Å²) in [6.07, 6.45) is 0. The van der Waals surface area contributed by atoms with E-state index in [0.29, 0.717) is 11.1 Å². The minimum absolute atomic E-state index is 0.0587. The predicted octanol–water partition coefficient (Wildman–Crippen LogP) is 4.21. The van der Waals surface area contributed by atoms with E-state index in [0.717, 1.165) is 0 Å². The Morgan fingerprint density at radius 1 is 0.815 bits per heavy atom. The lowest BCUT2D eigenvalue weighted by Crippen LogP contribution is -2.14. The molecule has 0 aliphatic carbocycles. The van der Waals surface area contributed by atoms with Gasteiger partial charge < -0.3 is 10.4 Å². The molecular formula is C20H14N2O5. The summed E-state index contributed by atoms with van der Waals surface area (Å²) in [6.45, 7) is 0. The van der Waals surface area contributed by atoms with Crippen molar-refractivity contribution in [1.29, 1.82) is 0 Å². The van der Waals surface area contributed by atoms with Gasteiger partial charge in [0.2, 0.25) is 0 Å². The van der Waals surface area contributed by atoms with Crippen molar-refractivity contribution >= 4 is 23.3 Å². The quantitative estimate of drug-likeness (QED) is 0.522. The summed E-state index contributed by atoms with van der Waals surface area (Å²) in [6, 6.07) is 18.7. The van der Waals surface area contributed by atoms with Gasteiger partial charge in [-0.05, 0) is 29.3 Å². The molecule has 3 aromatic carbocycles. The van der Waals surface area contributed by atoms with Gasteiger partial charge in [0, 0.05) is 11.6 Å². The molecular weight excluding hydrogens is 348 g/mol. The number of carboxylic acid groups (broad SMARTS) is 1. The number of nitrogens with zero attached hydrogens (tertiary/aromatic N) is 1. The molecule has 0 saturated heterocycles. The number of anilines is 1. The van der Waals surface area contributed by atoms with Gasteiger partial charge in [0.1, 0.15) is 5.69 Å². The number of hydrogen-bond acceptors (Lipinski definition) is 4. The Hall–Kier alpha value is -4.00. The normalized spacial score (nSPS) is 10.2. The third-order valence-corrected chi connectivity index (χ3v) is 3.97. The number of carbonyl (C=O) groups is 2. The van der Waals surface area contributed by atoms with E-state index in [-0.39, 0.29) is 22.5 Å². The molecule has 7 nitrogen and oxygen atoms in total. The summed E-state index contributed by atoms with van der Waals surface area (Å²) in [5, 5.41) is 23.1. The highest BCUT2D eigenvalue weighted by Gasteiger charge is 2.20. The molecule has 134 valence electrons. The minimum Gasteiger partial charge on any atom is -0.478 e. The van der Waals surface area contributed by atoms with E-state index in [1.165, 1.54) is 30.3 Å². The zero-order valence-corrected chi connectivity index (χ0v) is 14.0. The Bertz CT molecular complexity index is 1050. The number of hydrogen-bond donors (Lipinski definition) is 2. The zero-order valence-electron chi connectivity index (χ0n) is 14.0. The number of nitro benzene ring substituents is 1. The Morgan fingerprint density at radius 2 is 1.33 bits per heavy atom. The van der Waals surface area contributed by atoms with Crippen LogP contribution < -0.4 is 5.32 Å². The molecule has 1 amide bonds. The molecule has 0 aromatic heterocycles. The van der Waals surface area contributed by atoms with Crippen LogP contribution in [0.3, 0.4) is 0 Å². The maximum absolute atomic E-state index is 12.8. The summed E-state index contributed by atoms with van der Waals surface area (Å²) in [5.74, 6) is -1.68. The van der Waals surface area contributed by atoms with Gasteiger partial charge in [-0.25, -0.2) is 4.79 Å². The number of rotatable bonds is 5. The third kappa shape index (κ3) is 3.67. The van der Waals surface area contributed by atoms with Gasteiger partial charge in [0.15, 0.2) is 0 Å². The van der Waals surface area contributed by atoms with Gasteiger partial charge in [-0.2, -0.15) is 0 Å². The molecule has 3 aromatic rings. The first-order valence-corrected chi connectivity index (χ1v) is 7.95. The fourth-order valence-electron chi connectivity index (χ4n) is 2.75. The topological polar surface area (TPSA) is 110 Å². The molecule has 0 aliphatic rings. The van der Waals surface area contributed by atoms with Crippen LogP contribution in [0.25, 0.3) is 11.1 Å². The fourth-order valence-corrected chi connectivity index (χ4v) is 2.75. The molecule has 27 heavy (non-hydrogen) atoms. The molecule has 0 unspecified atom stereocenters. The minimum atomic E-state index is -1.11. The van der Waals surface area contributed by atoms with Gasteiger partial charge in [-0.1, -0.05) is 48.5 Å². The Kier molecular flexibility index (Phi) is 4.94. The van der Waals surface area contributed by atoms with Crippen molar-refractivity contribution in [2.75, 3.05) is 5.32 Å². The first-order chi connectivity index (χ1) is 13.0. The maximum atomic E-state index is 12.8. The van der Waals surface area contributed by atoms with Crippen molar-refractivity contribution < 1.29 is 19.6 Å². The number of amides is 1. The average molecular weight is 362 g/mol. The van der Waals surface area contributed by atoms with Crippen LogP contribution in [0.5, 0.6) is 0 Å². The highest BCUT2D eigenvalue weighted by atomic mass is 16.6. The Labute approximate surface area is 154 Å². The van der Waals surface area contributed by atoms with Gasteiger partial charge >= 0.3 is 5.97 Å². The number of para-hydroxylation sites is 2. The SMILES string of the molecule is O=C(O)c1ccccc1-c1ccccc1C(=O)Nc1ccccc1[N+](=O)[O-]. The summed E-state index contributed by atoms with van der Waals surface area (Å²) >= 11 is 0. The molecule has 0 saturated carbocycles. The molecule has 0 heterocycles. The largest absolute Gasteiger partial charge is 0.478 e. The molecule has 0 aliphatic heterocycles. The van der Waals surface area contributed by atoms with Crippen LogP contribution >= 0.6 is 0 Å². The summed E-state index contributed by atoms with van der Waals surface area (Å²) in [4.78, 5) is 34.8. The summed E-state index contributed by atoms with van der Waals surface area (Å²) in [7, 11) is 0. The third-order valence-electron chi connectivity index (χ3n) is 3.97. The van der Waals surface area contributed by atoms with Crippen LogP contribution in [-0.4, -0.2) is 21.9 Å². The Morgan fingerprint density at radius 3 is 1.96 bits per heavy atom. The molecule has 2 N–H and O–H groups in total. The van der Waals surface area contributed by atoms with Crippen molar-refractivity contribution in [2.45, 2.75) is 0 Å². The fraction of sp³-hybridized carbons (Fsp3) is 0. The number of carboxylic acids is 1. The van der Waals surface area contributed by atoms with Gasteiger partial charge in [-0.3, -0.25) is 14.9 Å². The van der Waals surface area contributed by atoms with E-state index in [1.807, 2.05) is 0 Å². The van der Waals surface area contributed by atoms with Crippen LogP contribution in [0.15, 0.2) is 72.8 Å². The number of nitro groups is 1. The van der Waals surface area contributed by atoms with Gasteiger partial charge in [0.05, 0.1) is 10.5 Å². The van der Waals surface area contributed by atoms with Crippen molar-refractivity contribution in [1.82, 2.24) is 0 Å². The second kappa shape index (κ2) is 7.49. The summed E-state index contributed by atoms with van der Waals surface area (Å²) < 4.78 is 0. The highest BCUT2D eigenvalue weighted by Crippen LogP contribution is 2.29. The summed E-state index contributed by atoms with van der Waals surface area (Å²) in [5.41, 5.74) is 0.917. The van der Waals surface area contributed by atoms with Crippen molar-refractivity contribution in [3.05, 3.63) is 94.0 Å². The smallest absolute Gasteiger partial charge is 0.336 e. The maximum Gasteiger partial charge on any atom is 0.336 e. The lowest BCUT2D eigenvalue weighted by Gasteiger charge is -2.12. The molecule has 0 radical (unpaired) electrons. The van der Waals surface area contributed by atoms with Crippen LogP contribution in [-0.2, 0) is 0 Å². The van der Waals surface area contributed by atoms with E-state index in [9.17, 15) is 24.8 Å². The molecule has 0 fully saturated rings. The van der Waals surface area contributed by atoms with E-state index in [1.54, 1.807) is 42.5 Å². The highest BCUT2D eigenvalue weighted by molar-refractivity contribution is 6.11. The van der Waals surface area contributed by atoms with Gasteiger partial charge in [0.25, 0.3) is 11.6 Å². The molecule has 0 atom stereocenters. The van der Waals surface area contributed by atoms with Gasteiger partial charge in [-0.15, -0.1) is 0 Å². The molecule has 0 spiro atoms. The van der Waals surface area contributed by atoms with E-state index in [2.05, 4.69) is 5.32 Å². The van der Waals surface area contributed by atoms with Crippen LogP contribution in [0.2, 0.25) is 0 Å². The lowest BCUT2D eigenvalue weighted by atomic mass is 9.95. The second-order valence-corrected chi connectivity index (χ2v) is 5.62.